The van der Waals surface area contributed by atoms with Crippen LogP contribution in [0, 0.1) is 5.92 Å². The molecule has 0 aromatic carbocycles. The number of hydrogen-bond acceptors (Lipinski definition) is 3. The maximum absolute atomic E-state index is 13.4. The van der Waals surface area contributed by atoms with E-state index in [1.807, 2.05) is 0 Å². The number of amides is 1. The van der Waals surface area contributed by atoms with Crippen LogP contribution in [-0.2, 0) is 11.0 Å². The largest absolute Gasteiger partial charge is 0.416 e. The van der Waals surface area contributed by atoms with Crippen molar-refractivity contribution in [2.45, 2.75) is 37.8 Å². The van der Waals surface area contributed by atoms with E-state index in [-0.39, 0.29) is 42.9 Å². The van der Waals surface area contributed by atoms with Crippen molar-refractivity contribution in [1.82, 2.24) is 14.4 Å². The fraction of sp³-hybridized carbons (Fsp3) is 0.350. The van der Waals surface area contributed by atoms with Gasteiger partial charge in [0.2, 0.25) is 11.8 Å². The van der Waals surface area contributed by atoms with Crippen molar-refractivity contribution in [3.63, 3.8) is 0 Å². The van der Waals surface area contributed by atoms with Crippen molar-refractivity contribution >= 4 is 17.4 Å². The number of carbonyl (C=O) groups is 1. The number of carbonyl (C=O) groups excluding carboxylic acids is 1. The van der Waals surface area contributed by atoms with E-state index in [9.17, 15) is 26.7 Å². The van der Waals surface area contributed by atoms with Crippen LogP contribution in [0.15, 0.2) is 42.7 Å². The maximum atomic E-state index is 13.4. The molecule has 158 valence electrons. The summed E-state index contributed by atoms with van der Waals surface area (Å²) in [6.45, 7) is 0. The van der Waals surface area contributed by atoms with Crippen LogP contribution in [-0.4, -0.2) is 26.2 Å². The van der Waals surface area contributed by atoms with E-state index in [2.05, 4.69) is 15.3 Å². The fourth-order valence-corrected chi connectivity index (χ4v) is 3.59. The number of rotatable bonds is 3. The first-order valence-corrected chi connectivity index (χ1v) is 9.33. The van der Waals surface area contributed by atoms with Crippen molar-refractivity contribution in [3.8, 4) is 11.4 Å². The predicted molar refractivity (Wildman–Crippen MR) is 99.0 cm³/mol. The molecular formula is C20H17F5N4O. The summed E-state index contributed by atoms with van der Waals surface area (Å²) in [4.78, 5) is 21.0. The molecule has 0 radical (unpaired) electrons. The zero-order valence-corrected chi connectivity index (χ0v) is 15.6. The molecule has 0 spiro atoms. The van der Waals surface area contributed by atoms with E-state index in [1.165, 1.54) is 4.40 Å². The van der Waals surface area contributed by atoms with Crippen LogP contribution in [0.4, 0.5) is 27.8 Å². The highest BCUT2D eigenvalue weighted by atomic mass is 19.4. The lowest BCUT2D eigenvalue weighted by molar-refractivity contribution is -0.137. The van der Waals surface area contributed by atoms with Gasteiger partial charge >= 0.3 is 6.18 Å². The summed E-state index contributed by atoms with van der Waals surface area (Å²) in [5, 5.41) is 2.62. The van der Waals surface area contributed by atoms with E-state index in [1.54, 1.807) is 24.4 Å². The lowest BCUT2D eigenvalue weighted by Crippen LogP contribution is -2.32. The summed E-state index contributed by atoms with van der Waals surface area (Å²) in [7, 11) is 0. The van der Waals surface area contributed by atoms with E-state index in [0.29, 0.717) is 5.65 Å². The molecule has 3 aromatic heterocycles. The number of nitrogens with one attached hydrogen (secondary N) is 1. The van der Waals surface area contributed by atoms with Crippen molar-refractivity contribution in [2.75, 3.05) is 5.32 Å². The molecule has 4 rings (SSSR count). The van der Waals surface area contributed by atoms with Gasteiger partial charge in [-0.15, -0.1) is 0 Å². The monoisotopic (exact) mass is 424 g/mol. The molecule has 0 aliphatic heterocycles. The molecule has 5 nitrogen and oxygen atoms in total. The number of fused-ring (bicyclic) bond motifs is 1. The minimum atomic E-state index is -4.56. The van der Waals surface area contributed by atoms with E-state index >= 15 is 0 Å². The standard InChI is InChI=1S/C20H17F5N4O/c21-19(22)7-4-12(5-8-19)18(30)28-17-16(29-10-2-1-3-15(29)27-17)14-11-13(6-9-26-14)20(23,24)25/h1-3,6,9-12H,4-5,7-8H2,(H,28,30). The Bertz CT molecular complexity index is 1080. The number of hydrogen-bond donors (Lipinski definition) is 1. The van der Waals surface area contributed by atoms with Crippen LogP contribution >= 0.6 is 0 Å². The Balaban J connectivity index is 1.71. The van der Waals surface area contributed by atoms with Gasteiger partial charge in [0, 0.05) is 31.2 Å². The zero-order chi connectivity index (χ0) is 21.5. The second kappa shape index (κ2) is 7.33. The number of pyridine rings is 2. The molecule has 1 saturated carbocycles. The number of nitrogens with zero attached hydrogens (tertiary/aromatic N) is 3. The summed E-state index contributed by atoms with van der Waals surface area (Å²) < 4.78 is 67.8. The molecular weight excluding hydrogens is 407 g/mol. The average molecular weight is 424 g/mol. The number of alkyl halides is 5. The number of aromatic nitrogens is 3. The number of halogens is 5. The van der Waals surface area contributed by atoms with Crippen molar-refractivity contribution in [2.24, 2.45) is 5.92 Å². The first-order valence-electron chi connectivity index (χ1n) is 9.33. The molecule has 1 N–H and O–H groups in total. The Morgan fingerprint density at radius 2 is 1.90 bits per heavy atom. The molecule has 0 bridgehead atoms. The molecule has 0 saturated heterocycles. The number of imidazole rings is 1. The molecule has 1 fully saturated rings. The van der Waals surface area contributed by atoms with Gasteiger partial charge in [0.15, 0.2) is 5.82 Å². The summed E-state index contributed by atoms with van der Waals surface area (Å²) in [5.41, 5.74) is -0.317. The van der Waals surface area contributed by atoms with Gasteiger partial charge in [0.05, 0.1) is 11.3 Å². The molecule has 1 aliphatic rings. The lowest BCUT2D eigenvalue weighted by Gasteiger charge is -2.27. The van der Waals surface area contributed by atoms with Crippen molar-refractivity contribution in [3.05, 3.63) is 48.3 Å². The van der Waals surface area contributed by atoms with Crippen LogP contribution in [0.5, 0.6) is 0 Å². The minimum Gasteiger partial charge on any atom is -0.309 e. The van der Waals surface area contributed by atoms with Gasteiger partial charge < -0.3 is 5.32 Å². The van der Waals surface area contributed by atoms with E-state index < -0.39 is 29.5 Å². The third kappa shape index (κ3) is 3.99. The second-order valence-electron chi connectivity index (χ2n) is 7.28. The van der Waals surface area contributed by atoms with Crippen molar-refractivity contribution in [1.29, 1.82) is 0 Å². The highest BCUT2D eigenvalue weighted by molar-refractivity contribution is 5.95. The van der Waals surface area contributed by atoms with E-state index in [4.69, 9.17) is 0 Å². The summed E-state index contributed by atoms with van der Waals surface area (Å²) >= 11 is 0. The Morgan fingerprint density at radius 3 is 2.60 bits per heavy atom. The van der Waals surface area contributed by atoms with E-state index in [0.717, 1.165) is 18.3 Å². The van der Waals surface area contributed by atoms with Crippen LogP contribution < -0.4 is 5.32 Å². The van der Waals surface area contributed by atoms with Crippen LogP contribution in [0.1, 0.15) is 31.2 Å². The van der Waals surface area contributed by atoms with Crippen LogP contribution in [0.3, 0.4) is 0 Å². The highest BCUT2D eigenvalue weighted by Gasteiger charge is 2.38. The second-order valence-corrected chi connectivity index (χ2v) is 7.28. The summed E-state index contributed by atoms with van der Waals surface area (Å²) in [5.74, 6) is -3.83. The average Bonchev–Trinajstić information content (AvgIpc) is 3.05. The normalized spacial score (nSPS) is 17.2. The smallest absolute Gasteiger partial charge is 0.309 e. The topological polar surface area (TPSA) is 59.3 Å². The molecule has 1 aliphatic carbocycles. The van der Waals surface area contributed by atoms with Gasteiger partial charge in [-0.3, -0.25) is 14.2 Å². The van der Waals surface area contributed by atoms with Gasteiger partial charge in [0.1, 0.15) is 11.3 Å². The first kappa shape index (κ1) is 20.2. The van der Waals surface area contributed by atoms with Gasteiger partial charge in [0.25, 0.3) is 0 Å². The molecule has 10 heteroatoms. The minimum absolute atomic E-state index is 0.0194. The number of anilines is 1. The molecule has 1 amide bonds. The van der Waals surface area contributed by atoms with Gasteiger partial charge in [-0.2, -0.15) is 13.2 Å². The van der Waals surface area contributed by atoms with Gasteiger partial charge in [-0.25, -0.2) is 13.8 Å². The maximum Gasteiger partial charge on any atom is 0.416 e. The predicted octanol–water partition coefficient (Wildman–Crippen LogP) is 5.18. The SMILES string of the molecule is O=C(Nc1nc2ccccn2c1-c1cc(C(F)(F)F)ccn1)C1CCC(F)(F)CC1. The third-order valence-electron chi connectivity index (χ3n) is 5.19. The fourth-order valence-electron chi connectivity index (χ4n) is 3.59. The van der Waals surface area contributed by atoms with Gasteiger partial charge in [-0.1, -0.05) is 6.07 Å². The highest BCUT2D eigenvalue weighted by Crippen LogP contribution is 2.38. The van der Waals surface area contributed by atoms with Gasteiger partial charge in [-0.05, 0) is 37.1 Å². The summed E-state index contributed by atoms with van der Waals surface area (Å²) in [6, 6.07) is 6.73. The Morgan fingerprint density at radius 1 is 1.17 bits per heavy atom. The molecule has 0 atom stereocenters. The Kier molecular flexibility index (Phi) is 4.95. The molecule has 3 heterocycles. The third-order valence-corrected chi connectivity index (χ3v) is 5.19. The Labute approximate surface area is 167 Å². The van der Waals surface area contributed by atoms with Crippen molar-refractivity contribution < 1.29 is 26.7 Å². The van der Waals surface area contributed by atoms with Crippen LogP contribution in [0.25, 0.3) is 17.0 Å². The first-order chi connectivity index (χ1) is 14.1. The molecule has 0 unspecified atom stereocenters. The Hall–Kier alpha value is -3.04. The van der Waals surface area contributed by atoms with Crippen LogP contribution in [0.2, 0.25) is 0 Å². The summed E-state index contributed by atoms with van der Waals surface area (Å²) in [6.07, 6.45) is -2.62. The lowest BCUT2D eigenvalue weighted by atomic mass is 9.86. The molecule has 3 aromatic rings. The molecule has 30 heavy (non-hydrogen) atoms. The quantitative estimate of drug-likeness (QED) is 0.590. The zero-order valence-electron chi connectivity index (χ0n) is 15.6.